The van der Waals surface area contributed by atoms with Crippen LogP contribution in [0.3, 0.4) is 0 Å². The molecule has 3 fully saturated rings. The average Bonchev–Trinajstić information content (AvgIpc) is 3.11. The first-order valence-electron chi connectivity index (χ1n) is 7.51. The number of nitrogens with zero attached hydrogens (tertiary/aromatic N) is 2. The number of hydrogen-bond acceptors (Lipinski definition) is 3. The fourth-order valence-electron chi connectivity index (χ4n) is 4.91. The molecular weight excluding hydrogens is 274 g/mol. The largest absolute Gasteiger partial charge is 0.348 e. The Morgan fingerprint density at radius 1 is 1.15 bits per heavy atom. The fourth-order valence-corrected chi connectivity index (χ4v) is 5.00. The summed E-state index contributed by atoms with van der Waals surface area (Å²) < 4.78 is 0. The molecule has 3 aliphatic rings. The van der Waals surface area contributed by atoms with Gasteiger partial charge in [0, 0.05) is 6.04 Å². The van der Waals surface area contributed by atoms with Gasteiger partial charge in [-0.3, -0.25) is 4.79 Å². The SMILES string of the molecule is O=C(NC1CC2CC1C1CCCC21)c1cnc(Cl)cn1. The first-order valence-corrected chi connectivity index (χ1v) is 7.88. The number of carbonyl (C=O) groups excluding carboxylic acids is 1. The van der Waals surface area contributed by atoms with Gasteiger partial charge in [-0.2, -0.15) is 0 Å². The quantitative estimate of drug-likeness (QED) is 0.911. The summed E-state index contributed by atoms with van der Waals surface area (Å²) in [5.74, 6) is 3.23. The van der Waals surface area contributed by atoms with Crippen LogP contribution < -0.4 is 5.32 Å². The summed E-state index contributed by atoms with van der Waals surface area (Å²) in [6.07, 6.45) is 9.48. The molecule has 3 aliphatic carbocycles. The van der Waals surface area contributed by atoms with E-state index in [1.54, 1.807) is 0 Å². The van der Waals surface area contributed by atoms with E-state index in [0.29, 0.717) is 22.8 Å². The third-order valence-electron chi connectivity index (χ3n) is 5.60. The Bertz CT molecular complexity index is 532. The van der Waals surface area contributed by atoms with Crippen LogP contribution in [0.5, 0.6) is 0 Å². The van der Waals surface area contributed by atoms with Crippen LogP contribution in [0, 0.1) is 23.7 Å². The molecule has 1 aromatic heterocycles. The third kappa shape index (κ3) is 1.93. The topological polar surface area (TPSA) is 54.9 Å². The number of hydrogen-bond donors (Lipinski definition) is 1. The van der Waals surface area contributed by atoms with Gasteiger partial charge in [-0.05, 0) is 49.4 Å². The van der Waals surface area contributed by atoms with Gasteiger partial charge in [0.1, 0.15) is 10.8 Å². The summed E-state index contributed by atoms with van der Waals surface area (Å²) in [7, 11) is 0. The summed E-state index contributed by atoms with van der Waals surface area (Å²) in [6.45, 7) is 0. The van der Waals surface area contributed by atoms with E-state index in [-0.39, 0.29) is 5.91 Å². The highest BCUT2D eigenvalue weighted by Crippen LogP contribution is 2.58. The van der Waals surface area contributed by atoms with Crippen molar-refractivity contribution in [1.82, 2.24) is 15.3 Å². The van der Waals surface area contributed by atoms with Gasteiger partial charge in [-0.1, -0.05) is 18.0 Å². The van der Waals surface area contributed by atoms with Gasteiger partial charge >= 0.3 is 0 Å². The Balaban J connectivity index is 1.45. The zero-order chi connectivity index (χ0) is 13.7. The second-order valence-corrected chi connectivity index (χ2v) is 6.85. The second kappa shape index (κ2) is 4.69. The first-order chi connectivity index (χ1) is 9.72. The number of carbonyl (C=O) groups is 1. The van der Waals surface area contributed by atoms with E-state index in [2.05, 4.69) is 15.3 Å². The Morgan fingerprint density at radius 3 is 2.80 bits per heavy atom. The summed E-state index contributed by atoms with van der Waals surface area (Å²) in [5, 5.41) is 3.49. The lowest BCUT2D eigenvalue weighted by molar-refractivity contribution is 0.0895. The van der Waals surface area contributed by atoms with E-state index in [0.717, 1.165) is 24.2 Å². The zero-order valence-electron chi connectivity index (χ0n) is 11.3. The summed E-state index contributed by atoms with van der Waals surface area (Å²) >= 11 is 5.69. The van der Waals surface area contributed by atoms with Crippen LogP contribution in [-0.4, -0.2) is 21.9 Å². The Kier molecular flexibility index (Phi) is 2.95. The van der Waals surface area contributed by atoms with Gasteiger partial charge in [0.05, 0.1) is 12.4 Å². The summed E-state index contributed by atoms with van der Waals surface area (Å²) in [4.78, 5) is 20.2. The molecule has 4 nitrogen and oxygen atoms in total. The number of nitrogens with one attached hydrogen (secondary N) is 1. The highest BCUT2D eigenvalue weighted by Gasteiger charge is 2.54. The van der Waals surface area contributed by atoms with Crippen molar-refractivity contribution < 1.29 is 4.79 Å². The van der Waals surface area contributed by atoms with E-state index >= 15 is 0 Å². The molecule has 0 spiro atoms. The van der Waals surface area contributed by atoms with E-state index < -0.39 is 0 Å². The minimum Gasteiger partial charge on any atom is -0.348 e. The van der Waals surface area contributed by atoms with Crippen molar-refractivity contribution in [3.8, 4) is 0 Å². The number of amides is 1. The van der Waals surface area contributed by atoms with Crippen LogP contribution in [0.4, 0.5) is 0 Å². The van der Waals surface area contributed by atoms with Crippen molar-refractivity contribution >= 4 is 17.5 Å². The normalized spacial score (nSPS) is 38.0. The van der Waals surface area contributed by atoms with Crippen LogP contribution in [0.1, 0.15) is 42.6 Å². The maximum Gasteiger partial charge on any atom is 0.271 e. The molecule has 20 heavy (non-hydrogen) atoms. The molecule has 0 aromatic carbocycles. The summed E-state index contributed by atoms with van der Waals surface area (Å²) in [5.41, 5.74) is 0.361. The van der Waals surface area contributed by atoms with Crippen LogP contribution >= 0.6 is 11.6 Å². The van der Waals surface area contributed by atoms with E-state index in [9.17, 15) is 4.79 Å². The van der Waals surface area contributed by atoms with Gasteiger partial charge in [0.25, 0.3) is 5.91 Å². The molecule has 1 aromatic rings. The molecule has 4 rings (SSSR count). The van der Waals surface area contributed by atoms with Crippen LogP contribution in [-0.2, 0) is 0 Å². The Labute approximate surface area is 123 Å². The monoisotopic (exact) mass is 291 g/mol. The van der Waals surface area contributed by atoms with E-state index in [1.807, 2.05) is 0 Å². The molecule has 0 saturated heterocycles. The predicted molar refractivity (Wildman–Crippen MR) is 75.3 cm³/mol. The molecule has 5 unspecified atom stereocenters. The number of fused-ring (bicyclic) bond motifs is 5. The molecule has 3 saturated carbocycles. The van der Waals surface area contributed by atoms with Gasteiger partial charge in [0.2, 0.25) is 0 Å². The minimum absolute atomic E-state index is 0.110. The van der Waals surface area contributed by atoms with Gasteiger partial charge in [-0.25, -0.2) is 9.97 Å². The number of rotatable bonds is 2. The third-order valence-corrected chi connectivity index (χ3v) is 5.79. The number of halogens is 1. The lowest BCUT2D eigenvalue weighted by Gasteiger charge is -2.31. The molecule has 1 amide bonds. The average molecular weight is 292 g/mol. The van der Waals surface area contributed by atoms with Crippen molar-refractivity contribution in [1.29, 1.82) is 0 Å². The van der Waals surface area contributed by atoms with Crippen molar-refractivity contribution in [2.24, 2.45) is 23.7 Å². The molecule has 5 heteroatoms. The van der Waals surface area contributed by atoms with Gasteiger partial charge in [-0.15, -0.1) is 0 Å². The Hall–Kier alpha value is -1.16. The molecule has 2 bridgehead atoms. The fraction of sp³-hybridized carbons (Fsp3) is 0.667. The van der Waals surface area contributed by atoms with Gasteiger partial charge < -0.3 is 5.32 Å². The van der Waals surface area contributed by atoms with Crippen molar-refractivity contribution in [2.45, 2.75) is 38.1 Å². The van der Waals surface area contributed by atoms with Gasteiger partial charge in [0.15, 0.2) is 0 Å². The van der Waals surface area contributed by atoms with Crippen molar-refractivity contribution in [3.05, 3.63) is 23.2 Å². The molecular formula is C15H18ClN3O. The van der Waals surface area contributed by atoms with Crippen molar-refractivity contribution in [3.63, 3.8) is 0 Å². The van der Waals surface area contributed by atoms with Crippen LogP contribution in [0.2, 0.25) is 5.15 Å². The molecule has 106 valence electrons. The maximum atomic E-state index is 12.2. The zero-order valence-corrected chi connectivity index (χ0v) is 12.0. The Morgan fingerprint density at radius 2 is 2.00 bits per heavy atom. The van der Waals surface area contributed by atoms with E-state index in [4.69, 9.17) is 11.6 Å². The van der Waals surface area contributed by atoms with Crippen molar-refractivity contribution in [2.75, 3.05) is 0 Å². The molecule has 0 aliphatic heterocycles. The lowest BCUT2D eigenvalue weighted by atomic mass is 9.79. The standard InChI is InChI=1S/C15H18ClN3O/c16-14-7-17-13(6-18-14)15(20)19-12-5-8-4-11(12)10-3-1-2-9(8)10/h6-12H,1-5H2,(H,19,20). The maximum absolute atomic E-state index is 12.2. The predicted octanol–water partition coefficient (Wildman–Crippen LogP) is 2.68. The highest BCUT2D eigenvalue weighted by molar-refractivity contribution is 6.29. The lowest BCUT2D eigenvalue weighted by Crippen LogP contribution is -2.42. The molecule has 1 heterocycles. The minimum atomic E-state index is -0.110. The molecule has 0 radical (unpaired) electrons. The second-order valence-electron chi connectivity index (χ2n) is 6.46. The molecule has 5 atom stereocenters. The smallest absolute Gasteiger partial charge is 0.271 e. The van der Waals surface area contributed by atoms with Crippen LogP contribution in [0.15, 0.2) is 12.4 Å². The number of aromatic nitrogens is 2. The first kappa shape index (κ1) is 12.6. The highest BCUT2D eigenvalue weighted by atomic mass is 35.5. The summed E-state index contributed by atoms with van der Waals surface area (Å²) in [6, 6.07) is 0.337. The van der Waals surface area contributed by atoms with E-state index in [1.165, 1.54) is 38.1 Å². The molecule has 1 N–H and O–H groups in total. The van der Waals surface area contributed by atoms with Crippen LogP contribution in [0.25, 0.3) is 0 Å².